The van der Waals surface area contributed by atoms with Crippen LogP contribution in [0, 0.1) is 11.5 Å². The third-order valence-corrected chi connectivity index (χ3v) is 15.3. The van der Waals surface area contributed by atoms with E-state index in [1.165, 1.54) is 6.20 Å². The van der Waals surface area contributed by atoms with Gasteiger partial charge in [0.15, 0.2) is 0 Å². The fraction of sp³-hybridized carbons (Fsp3) is 0.643. The number of pyridine rings is 1. The molecule has 38 heavy (non-hydrogen) atoms. The molecule has 0 bridgehead atoms. The first-order chi connectivity index (χ1) is 17.7. The third kappa shape index (κ3) is 6.04. The lowest BCUT2D eigenvalue weighted by Gasteiger charge is -2.38. The number of sulfone groups is 1. The van der Waals surface area contributed by atoms with Crippen molar-refractivity contribution in [3.63, 3.8) is 0 Å². The van der Waals surface area contributed by atoms with Crippen LogP contribution in [0.4, 0.5) is 0 Å². The van der Waals surface area contributed by atoms with Crippen molar-refractivity contribution in [1.82, 2.24) is 19.9 Å². The minimum absolute atomic E-state index is 0.0216. The van der Waals surface area contributed by atoms with Crippen molar-refractivity contribution in [2.45, 2.75) is 114 Å². The molecule has 2 heterocycles. The molecule has 1 aliphatic carbocycles. The standard InChI is InChI=1S/C28H42N4O4SSi/c1-9-25(33)30-22-10-12-23(13-11-22)32-26(34)16-21(14-15-38(18(2)3,19(4)5)20(6)7)24-17-29-28(31-27(24)32)37(8,35)36/h16-20,22-23H,9-13H2,1-8H3,(H,30,33). The lowest BCUT2D eigenvalue weighted by Crippen LogP contribution is -2.43. The van der Waals surface area contributed by atoms with Gasteiger partial charge in [0.25, 0.3) is 5.56 Å². The molecule has 1 aliphatic rings. The molecule has 8 nitrogen and oxygen atoms in total. The van der Waals surface area contributed by atoms with Crippen LogP contribution in [0.5, 0.6) is 0 Å². The second kappa shape index (κ2) is 11.7. The van der Waals surface area contributed by atoms with Gasteiger partial charge in [-0.3, -0.25) is 14.2 Å². The average molecular weight is 559 g/mol. The largest absolute Gasteiger partial charge is 0.353 e. The van der Waals surface area contributed by atoms with E-state index in [2.05, 4.69) is 68.3 Å². The fourth-order valence-corrected chi connectivity index (χ4v) is 11.9. The number of rotatable bonds is 7. The zero-order valence-electron chi connectivity index (χ0n) is 24.0. The molecule has 10 heteroatoms. The van der Waals surface area contributed by atoms with Crippen molar-refractivity contribution in [2.75, 3.05) is 6.26 Å². The van der Waals surface area contributed by atoms with E-state index in [0.717, 1.165) is 19.1 Å². The maximum atomic E-state index is 13.6. The molecule has 1 amide bonds. The van der Waals surface area contributed by atoms with E-state index in [4.69, 9.17) is 0 Å². The van der Waals surface area contributed by atoms with Crippen LogP contribution in [0.15, 0.2) is 22.2 Å². The third-order valence-electron chi connectivity index (χ3n) is 8.13. The molecule has 1 N–H and O–H groups in total. The minimum atomic E-state index is -3.68. The molecule has 0 unspecified atom stereocenters. The molecule has 208 valence electrons. The Bertz CT molecular complexity index is 1390. The Morgan fingerprint density at radius 2 is 1.68 bits per heavy atom. The number of fused-ring (bicyclic) bond motifs is 1. The van der Waals surface area contributed by atoms with Crippen molar-refractivity contribution in [1.29, 1.82) is 0 Å². The van der Waals surface area contributed by atoms with Crippen molar-refractivity contribution in [2.24, 2.45) is 0 Å². The Balaban J connectivity index is 2.17. The molecule has 0 spiro atoms. The van der Waals surface area contributed by atoms with Crippen LogP contribution in [-0.2, 0) is 14.6 Å². The van der Waals surface area contributed by atoms with Gasteiger partial charge in [-0.15, -0.1) is 5.54 Å². The van der Waals surface area contributed by atoms with Crippen molar-refractivity contribution in [3.8, 4) is 11.5 Å². The number of nitrogens with zero attached hydrogens (tertiary/aromatic N) is 3. The Kier molecular flexibility index (Phi) is 9.25. The van der Waals surface area contributed by atoms with Crippen LogP contribution >= 0.6 is 0 Å². The normalized spacial score (nSPS) is 18.6. The first-order valence-corrected chi connectivity index (χ1v) is 17.8. The van der Waals surface area contributed by atoms with Crippen molar-refractivity contribution in [3.05, 3.63) is 28.2 Å². The van der Waals surface area contributed by atoms with E-state index in [9.17, 15) is 18.0 Å². The second-order valence-electron chi connectivity index (χ2n) is 11.5. The maximum Gasteiger partial charge on any atom is 0.253 e. The minimum Gasteiger partial charge on any atom is -0.353 e. The van der Waals surface area contributed by atoms with E-state index in [-0.39, 0.29) is 28.7 Å². The average Bonchev–Trinajstić information content (AvgIpc) is 2.83. The zero-order valence-corrected chi connectivity index (χ0v) is 25.8. The molecule has 3 rings (SSSR count). The van der Waals surface area contributed by atoms with E-state index in [1.54, 1.807) is 10.6 Å². The van der Waals surface area contributed by atoms with Gasteiger partial charge >= 0.3 is 0 Å². The van der Waals surface area contributed by atoms with Gasteiger partial charge in [-0.1, -0.05) is 54.4 Å². The predicted molar refractivity (Wildman–Crippen MR) is 155 cm³/mol. The first-order valence-electron chi connectivity index (χ1n) is 13.7. The van der Waals surface area contributed by atoms with Gasteiger partial charge in [-0.25, -0.2) is 13.4 Å². The van der Waals surface area contributed by atoms with Crippen molar-refractivity contribution < 1.29 is 13.2 Å². The highest BCUT2D eigenvalue weighted by molar-refractivity contribution is 7.90. The second-order valence-corrected chi connectivity index (χ2v) is 19.0. The van der Waals surface area contributed by atoms with E-state index in [0.29, 0.717) is 52.5 Å². The van der Waals surface area contributed by atoms with E-state index in [1.807, 2.05) is 6.92 Å². The highest BCUT2D eigenvalue weighted by Crippen LogP contribution is 2.41. The number of carbonyl (C=O) groups is 1. The number of hydrogen-bond donors (Lipinski definition) is 1. The Hall–Kier alpha value is -2.51. The quantitative estimate of drug-likeness (QED) is 0.298. The summed E-state index contributed by atoms with van der Waals surface area (Å²) >= 11 is 0. The van der Waals surface area contributed by atoms with E-state index >= 15 is 0 Å². The Labute approximate surface area is 228 Å². The lowest BCUT2D eigenvalue weighted by molar-refractivity contribution is -0.121. The highest BCUT2D eigenvalue weighted by atomic mass is 32.2. The molecule has 0 aromatic carbocycles. The molecular formula is C28H42N4O4SSi. The molecular weight excluding hydrogens is 516 g/mol. The highest BCUT2D eigenvalue weighted by Gasteiger charge is 2.41. The van der Waals surface area contributed by atoms with Gasteiger partial charge in [0.1, 0.15) is 13.7 Å². The summed E-state index contributed by atoms with van der Waals surface area (Å²) in [6, 6.07) is 1.48. The van der Waals surface area contributed by atoms with Crippen LogP contribution in [0.2, 0.25) is 16.6 Å². The van der Waals surface area contributed by atoms with Gasteiger partial charge in [0.2, 0.25) is 20.9 Å². The summed E-state index contributed by atoms with van der Waals surface area (Å²) in [6.45, 7) is 15.2. The predicted octanol–water partition coefficient (Wildman–Crippen LogP) is 4.77. The summed E-state index contributed by atoms with van der Waals surface area (Å²) < 4.78 is 26.2. The molecule has 0 saturated heterocycles. The summed E-state index contributed by atoms with van der Waals surface area (Å²) in [4.78, 5) is 34.0. The van der Waals surface area contributed by atoms with Gasteiger partial charge in [0.05, 0.1) is 5.39 Å². The van der Waals surface area contributed by atoms with E-state index < -0.39 is 17.9 Å². The summed E-state index contributed by atoms with van der Waals surface area (Å²) in [7, 11) is -5.74. The fourth-order valence-electron chi connectivity index (χ4n) is 6.16. The molecule has 2 aromatic rings. The smallest absolute Gasteiger partial charge is 0.253 e. The number of aromatic nitrogens is 3. The molecule has 0 aliphatic heterocycles. The number of amides is 1. The molecule has 0 atom stereocenters. The monoisotopic (exact) mass is 558 g/mol. The number of nitrogens with one attached hydrogen (secondary N) is 1. The van der Waals surface area contributed by atoms with Gasteiger partial charge in [-0.05, 0) is 42.3 Å². The molecule has 1 fully saturated rings. The Morgan fingerprint density at radius 1 is 1.11 bits per heavy atom. The van der Waals surface area contributed by atoms with Crippen LogP contribution < -0.4 is 10.9 Å². The van der Waals surface area contributed by atoms with Crippen LogP contribution in [0.3, 0.4) is 0 Å². The zero-order chi connectivity index (χ0) is 28.4. The van der Waals surface area contributed by atoms with Crippen LogP contribution in [0.1, 0.15) is 92.2 Å². The molecule has 2 aromatic heterocycles. The summed E-state index contributed by atoms with van der Waals surface area (Å²) in [5.74, 6) is 3.38. The SMILES string of the molecule is CCC(=O)NC1CCC(n2c(=O)cc(C#C[Si](C(C)C)(C(C)C)C(C)C)c3cnc(S(C)(=O)=O)nc32)CC1. The number of hydrogen-bond acceptors (Lipinski definition) is 6. The summed E-state index contributed by atoms with van der Waals surface area (Å²) in [5, 5.41) is 3.33. The summed E-state index contributed by atoms with van der Waals surface area (Å²) in [6.07, 6.45) is 5.83. The molecule has 1 saturated carbocycles. The van der Waals surface area contributed by atoms with Gasteiger partial charge in [0, 0.05) is 42.6 Å². The summed E-state index contributed by atoms with van der Waals surface area (Å²) in [5.41, 5.74) is 5.56. The van der Waals surface area contributed by atoms with Gasteiger partial charge in [-0.2, -0.15) is 4.98 Å². The first kappa shape index (κ1) is 30.0. The maximum absolute atomic E-state index is 13.6. The molecule has 0 radical (unpaired) electrons. The number of carbonyl (C=O) groups excluding carboxylic acids is 1. The van der Waals surface area contributed by atoms with Gasteiger partial charge < -0.3 is 5.32 Å². The van der Waals surface area contributed by atoms with Crippen molar-refractivity contribution >= 4 is 34.9 Å². The van der Waals surface area contributed by atoms with Crippen LogP contribution in [0.25, 0.3) is 11.0 Å². The van der Waals surface area contributed by atoms with Crippen LogP contribution in [-0.4, -0.2) is 49.2 Å². The Morgan fingerprint density at radius 3 is 2.18 bits per heavy atom. The topological polar surface area (TPSA) is 111 Å². The lowest BCUT2D eigenvalue weighted by atomic mass is 9.90.